The minimum absolute atomic E-state index is 0.160. The summed E-state index contributed by atoms with van der Waals surface area (Å²) in [6.45, 7) is 3.70. The second-order valence-electron chi connectivity index (χ2n) is 8.50. The van der Waals surface area contributed by atoms with Crippen molar-refractivity contribution >= 4 is 28.9 Å². The Morgan fingerprint density at radius 1 is 0.939 bits per heavy atom. The standard InChI is InChI=1S/C25H21N3O5/c1-16-11-13-17(14-12-16)21-25(2)22(33-27(21)18-7-4-3-5-8-18)23(29)26(24(25)30)19-9-6-10-20(15-19)28(31)32/h3-15,21-22H,1-2H3. The SMILES string of the molecule is Cc1ccc(C2N(c3ccccc3)OC3C(=O)N(c4cccc([N+](=O)[O-])c4)C(=O)C32C)cc1. The minimum atomic E-state index is -1.24. The number of fused-ring (bicyclic) bond motifs is 1. The summed E-state index contributed by atoms with van der Waals surface area (Å²) in [4.78, 5) is 45.2. The molecule has 2 saturated heterocycles. The van der Waals surface area contributed by atoms with Gasteiger partial charge < -0.3 is 0 Å². The van der Waals surface area contributed by atoms with E-state index in [-0.39, 0.29) is 11.4 Å². The molecule has 33 heavy (non-hydrogen) atoms. The largest absolute Gasteiger partial charge is 0.273 e. The van der Waals surface area contributed by atoms with Crippen LogP contribution in [0.2, 0.25) is 0 Å². The third-order valence-corrected chi connectivity index (χ3v) is 6.38. The van der Waals surface area contributed by atoms with Gasteiger partial charge in [0.1, 0.15) is 5.41 Å². The highest BCUT2D eigenvalue weighted by atomic mass is 16.7. The number of aryl methyl sites for hydroxylation is 1. The maximum atomic E-state index is 13.9. The molecular formula is C25H21N3O5. The third-order valence-electron chi connectivity index (χ3n) is 6.38. The quantitative estimate of drug-likeness (QED) is 0.338. The monoisotopic (exact) mass is 443 g/mol. The Labute approximate surface area is 190 Å². The van der Waals surface area contributed by atoms with Crippen molar-refractivity contribution in [2.24, 2.45) is 5.41 Å². The lowest BCUT2D eigenvalue weighted by atomic mass is 9.76. The number of nitrogens with zero attached hydrogens (tertiary/aromatic N) is 3. The zero-order valence-electron chi connectivity index (χ0n) is 18.0. The number of amides is 2. The van der Waals surface area contributed by atoms with Gasteiger partial charge in [0, 0.05) is 12.1 Å². The van der Waals surface area contributed by atoms with Crippen LogP contribution in [0.5, 0.6) is 0 Å². The lowest BCUT2D eigenvalue weighted by Crippen LogP contribution is -2.41. The second-order valence-corrected chi connectivity index (χ2v) is 8.50. The number of carbonyl (C=O) groups excluding carboxylic acids is 2. The first-order valence-corrected chi connectivity index (χ1v) is 10.5. The number of hydrogen-bond donors (Lipinski definition) is 0. The molecule has 2 aliphatic rings. The van der Waals surface area contributed by atoms with E-state index >= 15 is 0 Å². The Morgan fingerprint density at radius 3 is 2.27 bits per heavy atom. The summed E-state index contributed by atoms with van der Waals surface area (Å²) >= 11 is 0. The first kappa shape index (κ1) is 20.8. The van der Waals surface area contributed by atoms with Crippen molar-refractivity contribution in [3.8, 4) is 0 Å². The summed E-state index contributed by atoms with van der Waals surface area (Å²) in [6, 6.07) is 22.0. The molecule has 166 valence electrons. The number of hydroxylamine groups is 1. The van der Waals surface area contributed by atoms with E-state index in [1.165, 1.54) is 24.3 Å². The molecule has 0 aromatic heterocycles. The molecule has 0 radical (unpaired) electrons. The number of nitro groups is 1. The van der Waals surface area contributed by atoms with Crippen LogP contribution in [0.1, 0.15) is 24.1 Å². The van der Waals surface area contributed by atoms with E-state index in [0.29, 0.717) is 0 Å². The fourth-order valence-electron chi connectivity index (χ4n) is 4.67. The first-order chi connectivity index (χ1) is 15.8. The van der Waals surface area contributed by atoms with Crippen molar-refractivity contribution in [2.45, 2.75) is 26.0 Å². The molecule has 8 nitrogen and oxygen atoms in total. The fourth-order valence-corrected chi connectivity index (χ4v) is 4.67. The van der Waals surface area contributed by atoms with E-state index < -0.39 is 34.3 Å². The molecule has 2 fully saturated rings. The van der Waals surface area contributed by atoms with Crippen molar-refractivity contribution in [1.82, 2.24) is 0 Å². The summed E-state index contributed by atoms with van der Waals surface area (Å²) in [5.74, 6) is -0.999. The van der Waals surface area contributed by atoms with Gasteiger partial charge in [-0.05, 0) is 37.6 Å². The Balaban J connectivity index is 1.63. The highest BCUT2D eigenvalue weighted by Crippen LogP contribution is 2.55. The number of para-hydroxylation sites is 1. The molecule has 2 heterocycles. The summed E-state index contributed by atoms with van der Waals surface area (Å²) in [6.07, 6.45) is -1.07. The molecule has 0 aliphatic carbocycles. The maximum absolute atomic E-state index is 13.9. The smallest absolute Gasteiger partial charge is 0.271 e. The van der Waals surface area contributed by atoms with Crippen LogP contribution < -0.4 is 9.96 Å². The number of rotatable bonds is 4. The van der Waals surface area contributed by atoms with Crippen LogP contribution in [-0.4, -0.2) is 22.8 Å². The van der Waals surface area contributed by atoms with Gasteiger partial charge in [-0.2, -0.15) is 0 Å². The van der Waals surface area contributed by atoms with Crippen LogP contribution >= 0.6 is 0 Å². The summed E-state index contributed by atoms with van der Waals surface area (Å²) in [5.41, 5.74) is 1.34. The van der Waals surface area contributed by atoms with Crippen LogP contribution in [0.3, 0.4) is 0 Å². The average molecular weight is 443 g/mol. The number of nitro benzene ring substituents is 1. The van der Waals surface area contributed by atoms with Crippen molar-refractivity contribution < 1.29 is 19.3 Å². The first-order valence-electron chi connectivity index (χ1n) is 10.5. The van der Waals surface area contributed by atoms with Crippen LogP contribution in [0.25, 0.3) is 0 Å². The summed E-state index contributed by atoms with van der Waals surface area (Å²) in [7, 11) is 0. The molecular weight excluding hydrogens is 422 g/mol. The fraction of sp³-hybridized carbons (Fsp3) is 0.200. The van der Waals surface area contributed by atoms with Crippen LogP contribution in [0.4, 0.5) is 17.1 Å². The van der Waals surface area contributed by atoms with Gasteiger partial charge in [0.15, 0.2) is 6.10 Å². The highest BCUT2D eigenvalue weighted by Gasteiger charge is 2.68. The van der Waals surface area contributed by atoms with Gasteiger partial charge in [0.25, 0.3) is 11.6 Å². The van der Waals surface area contributed by atoms with Gasteiger partial charge >= 0.3 is 0 Å². The van der Waals surface area contributed by atoms with Gasteiger partial charge in [-0.3, -0.25) is 24.5 Å². The minimum Gasteiger partial charge on any atom is -0.273 e. The van der Waals surface area contributed by atoms with Gasteiger partial charge in [-0.25, -0.2) is 9.96 Å². The second kappa shape index (κ2) is 7.53. The van der Waals surface area contributed by atoms with E-state index in [1.807, 2.05) is 61.5 Å². The molecule has 3 aromatic rings. The van der Waals surface area contributed by atoms with Crippen molar-refractivity contribution in [2.75, 3.05) is 9.96 Å². The molecule has 2 aliphatic heterocycles. The summed E-state index contributed by atoms with van der Waals surface area (Å²) < 4.78 is 0. The predicted octanol–water partition coefficient (Wildman–Crippen LogP) is 4.34. The number of benzene rings is 3. The Kier molecular flexibility index (Phi) is 4.75. The van der Waals surface area contributed by atoms with E-state index in [9.17, 15) is 19.7 Å². The van der Waals surface area contributed by atoms with E-state index in [0.717, 1.165) is 21.7 Å². The molecule has 3 aromatic carbocycles. The third kappa shape index (κ3) is 3.10. The molecule has 3 unspecified atom stereocenters. The molecule has 3 atom stereocenters. The number of imide groups is 1. The molecule has 0 saturated carbocycles. The van der Waals surface area contributed by atoms with Crippen LogP contribution in [-0.2, 0) is 14.4 Å². The normalized spacial score (nSPS) is 24.3. The molecule has 8 heteroatoms. The van der Waals surface area contributed by atoms with Crippen LogP contribution in [0.15, 0.2) is 78.9 Å². The summed E-state index contributed by atoms with van der Waals surface area (Å²) in [5, 5.41) is 12.9. The average Bonchev–Trinajstić information content (AvgIpc) is 3.23. The lowest BCUT2D eigenvalue weighted by Gasteiger charge is -2.32. The lowest BCUT2D eigenvalue weighted by molar-refractivity contribution is -0.384. The van der Waals surface area contributed by atoms with Crippen molar-refractivity contribution in [1.29, 1.82) is 0 Å². The maximum Gasteiger partial charge on any atom is 0.271 e. The zero-order chi connectivity index (χ0) is 23.3. The van der Waals surface area contributed by atoms with Gasteiger partial charge in [-0.15, -0.1) is 0 Å². The van der Waals surface area contributed by atoms with E-state index in [1.54, 1.807) is 12.0 Å². The highest BCUT2D eigenvalue weighted by molar-refractivity contribution is 6.25. The predicted molar refractivity (Wildman–Crippen MR) is 121 cm³/mol. The molecule has 2 amide bonds. The van der Waals surface area contributed by atoms with E-state index in [4.69, 9.17) is 4.84 Å². The van der Waals surface area contributed by atoms with E-state index in [2.05, 4.69) is 0 Å². The molecule has 0 spiro atoms. The Bertz CT molecular complexity index is 1260. The Morgan fingerprint density at radius 2 is 1.61 bits per heavy atom. The number of carbonyl (C=O) groups is 2. The Hall–Kier alpha value is -4.04. The molecule has 0 N–H and O–H groups in total. The van der Waals surface area contributed by atoms with Crippen molar-refractivity contribution in [3.63, 3.8) is 0 Å². The molecule has 5 rings (SSSR count). The molecule has 0 bridgehead atoms. The topological polar surface area (TPSA) is 93.0 Å². The van der Waals surface area contributed by atoms with Crippen molar-refractivity contribution in [3.05, 3.63) is 100 Å². The zero-order valence-corrected chi connectivity index (χ0v) is 18.0. The van der Waals surface area contributed by atoms with Crippen LogP contribution in [0, 0.1) is 22.5 Å². The number of non-ortho nitro benzene ring substituents is 1. The number of hydrogen-bond acceptors (Lipinski definition) is 6. The van der Waals surface area contributed by atoms with Gasteiger partial charge in [-0.1, -0.05) is 54.1 Å². The van der Waals surface area contributed by atoms with Gasteiger partial charge in [0.2, 0.25) is 5.91 Å². The number of anilines is 2. The van der Waals surface area contributed by atoms with Gasteiger partial charge in [0.05, 0.1) is 22.3 Å².